The second-order valence-electron chi connectivity index (χ2n) is 8.49. The number of amides is 1. The zero-order valence-electron chi connectivity index (χ0n) is 19.2. The molecule has 33 heavy (non-hydrogen) atoms. The van der Waals surface area contributed by atoms with Crippen molar-refractivity contribution in [1.82, 2.24) is 21.2 Å². The Morgan fingerprint density at radius 1 is 1.21 bits per heavy atom. The number of pyridine rings is 1. The number of rotatable bonds is 6. The van der Waals surface area contributed by atoms with Crippen LogP contribution in [0.25, 0.3) is 0 Å². The van der Waals surface area contributed by atoms with Gasteiger partial charge in [0.15, 0.2) is 6.17 Å². The van der Waals surface area contributed by atoms with Gasteiger partial charge in [-0.1, -0.05) is 13.8 Å². The van der Waals surface area contributed by atoms with Crippen molar-refractivity contribution in [2.75, 3.05) is 42.6 Å². The van der Waals surface area contributed by atoms with Crippen LogP contribution in [0.1, 0.15) is 44.0 Å². The van der Waals surface area contributed by atoms with Gasteiger partial charge in [-0.05, 0) is 36.6 Å². The summed E-state index contributed by atoms with van der Waals surface area (Å²) in [6.07, 6.45) is 0.452. The van der Waals surface area contributed by atoms with Crippen molar-refractivity contribution in [1.29, 1.82) is 0 Å². The molecule has 0 bridgehead atoms. The summed E-state index contributed by atoms with van der Waals surface area (Å²) in [6.45, 7) is 9.20. The largest absolute Gasteiger partial charge is 0.508 e. The van der Waals surface area contributed by atoms with Gasteiger partial charge in [-0.3, -0.25) is 4.79 Å². The highest BCUT2D eigenvalue weighted by molar-refractivity contribution is 5.85. The Morgan fingerprint density at radius 3 is 2.61 bits per heavy atom. The minimum absolute atomic E-state index is 0.0422. The van der Waals surface area contributed by atoms with Gasteiger partial charge in [0.25, 0.3) is 5.91 Å². The van der Waals surface area contributed by atoms with Crippen LogP contribution in [0.5, 0.6) is 11.5 Å². The average molecular weight is 457 g/mol. The van der Waals surface area contributed by atoms with E-state index in [9.17, 15) is 15.0 Å². The standard InChI is InChI=1S/C23H32N6O4/c1-4-24-23(32)22-27-26-21(17-11-16(14(2)3)18(30)12-19(17)31)29(22)15-5-6-20(25-13-15)28-7-9-33-10-8-28/h5-6,11-14,21-22,26-27,30-31H,4,7-10H2,1-3H3,(H,24,32). The molecule has 2 atom stereocenters. The first kappa shape index (κ1) is 23.1. The van der Waals surface area contributed by atoms with Crippen molar-refractivity contribution in [2.45, 2.75) is 39.0 Å². The predicted octanol–water partition coefficient (Wildman–Crippen LogP) is 1.53. The molecule has 1 aromatic heterocycles. The number of phenolic OH excluding ortho intramolecular Hbond substituents is 2. The summed E-state index contributed by atoms with van der Waals surface area (Å²) >= 11 is 0. The second-order valence-corrected chi connectivity index (χ2v) is 8.49. The lowest BCUT2D eigenvalue weighted by Gasteiger charge is -2.31. The Morgan fingerprint density at radius 2 is 1.97 bits per heavy atom. The number of phenols is 2. The number of likely N-dealkylation sites (N-methyl/N-ethyl adjacent to an activating group) is 1. The van der Waals surface area contributed by atoms with E-state index in [0.29, 0.717) is 36.6 Å². The molecule has 10 nitrogen and oxygen atoms in total. The molecule has 3 heterocycles. The number of anilines is 2. The number of carbonyl (C=O) groups is 1. The van der Waals surface area contributed by atoms with E-state index in [1.807, 2.05) is 37.8 Å². The fraction of sp³-hybridized carbons (Fsp3) is 0.478. The first-order valence-electron chi connectivity index (χ1n) is 11.3. The maximum atomic E-state index is 12.8. The molecule has 2 aliphatic rings. The number of hydrogen-bond donors (Lipinski definition) is 5. The molecule has 2 fully saturated rings. The van der Waals surface area contributed by atoms with Crippen molar-refractivity contribution in [2.24, 2.45) is 0 Å². The summed E-state index contributed by atoms with van der Waals surface area (Å²) < 4.78 is 5.42. The third kappa shape index (κ3) is 4.68. The van der Waals surface area contributed by atoms with E-state index in [1.165, 1.54) is 6.07 Å². The molecule has 0 saturated carbocycles. The molecule has 0 spiro atoms. The molecule has 178 valence electrons. The van der Waals surface area contributed by atoms with Gasteiger partial charge in [0.2, 0.25) is 0 Å². The van der Waals surface area contributed by atoms with Crippen LogP contribution in [0.4, 0.5) is 11.5 Å². The van der Waals surface area contributed by atoms with Crippen LogP contribution in [0.2, 0.25) is 0 Å². The summed E-state index contributed by atoms with van der Waals surface area (Å²) in [4.78, 5) is 21.5. The molecule has 2 saturated heterocycles. The first-order valence-corrected chi connectivity index (χ1v) is 11.3. The van der Waals surface area contributed by atoms with Crippen molar-refractivity contribution < 1.29 is 19.7 Å². The highest BCUT2D eigenvalue weighted by Gasteiger charge is 2.40. The average Bonchev–Trinajstić information content (AvgIpc) is 3.25. The fourth-order valence-corrected chi connectivity index (χ4v) is 4.24. The topological polar surface area (TPSA) is 122 Å². The number of aromatic hydroxyl groups is 2. The third-order valence-corrected chi connectivity index (χ3v) is 5.97. The number of nitrogens with zero attached hydrogens (tertiary/aromatic N) is 3. The molecule has 5 N–H and O–H groups in total. The van der Waals surface area contributed by atoms with E-state index in [1.54, 1.807) is 12.3 Å². The minimum atomic E-state index is -0.721. The van der Waals surface area contributed by atoms with Crippen molar-refractivity contribution in [3.05, 3.63) is 41.6 Å². The van der Waals surface area contributed by atoms with Crippen LogP contribution >= 0.6 is 0 Å². The summed E-state index contributed by atoms with van der Waals surface area (Å²) in [5, 5.41) is 23.8. The summed E-state index contributed by atoms with van der Waals surface area (Å²) in [5.41, 5.74) is 8.15. The number of hydrazine groups is 1. The quantitative estimate of drug-likeness (QED) is 0.440. The van der Waals surface area contributed by atoms with Crippen LogP contribution in [0.3, 0.4) is 0 Å². The Balaban J connectivity index is 1.70. The van der Waals surface area contributed by atoms with Crippen LogP contribution in [-0.4, -0.2) is 60.1 Å². The van der Waals surface area contributed by atoms with Crippen LogP contribution < -0.4 is 26.0 Å². The maximum absolute atomic E-state index is 12.8. The number of ether oxygens (including phenoxy) is 1. The molecule has 2 aliphatic heterocycles. The summed E-state index contributed by atoms with van der Waals surface area (Å²) in [5.74, 6) is 0.687. The SMILES string of the molecule is CCNC(=O)C1NNC(c2cc(C(C)C)c(O)cc2O)N1c1ccc(N2CCOCC2)nc1. The summed E-state index contributed by atoms with van der Waals surface area (Å²) in [6, 6.07) is 6.98. The highest BCUT2D eigenvalue weighted by atomic mass is 16.5. The molecule has 2 aromatic rings. The second kappa shape index (κ2) is 9.82. The Hall–Kier alpha value is -3.08. The highest BCUT2D eigenvalue weighted by Crippen LogP contribution is 2.39. The summed E-state index contributed by atoms with van der Waals surface area (Å²) in [7, 11) is 0. The number of carbonyl (C=O) groups excluding carboxylic acids is 1. The van der Waals surface area contributed by atoms with Crippen LogP contribution in [-0.2, 0) is 9.53 Å². The molecule has 1 amide bonds. The number of nitrogens with one attached hydrogen (secondary N) is 3. The molecule has 10 heteroatoms. The number of benzene rings is 1. The monoisotopic (exact) mass is 456 g/mol. The molecular formula is C23H32N6O4. The third-order valence-electron chi connectivity index (χ3n) is 5.97. The minimum Gasteiger partial charge on any atom is -0.508 e. The van der Waals surface area contributed by atoms with E-state index >= 15 is 0 Å². The first-order chi connectivity index (χ1) is 15.9. The fourth-order valence-electron chi connectivity index (χ4n) is 4.24. The molecular weight excluding hydrogens is 424 g/mol. The number of hydrogen-bond acceptors (Lipinski definition) is 9. The molecule has 0 aliphatic carbocycles. The maximum Gasteiger partial charge on any atom is 0.259 e. The lowest BCUT2D eigenvalue weighted by Crippen LogP contribution is -2.49. The smallest absolute Gasteiger partial charge is 0.259 e. The van der Waals surface area contributed by atoms with Gasteiger partial charge in [0, 0.05) is 31.3 Å². The normalized spacial score (nSPS) is 21.0. The molecule has 4 rings (SSSR count). The van der Waals surface area contributed by atoms with Crippen molar-refractivity contribution in [3.8, 4) is 11.5 Å². The van der Waals surface area contributed by atoms with Crippen molar-refractivity contribution in [3.63, 3.8) is 0 Å². The van der Waals surface area contributed by atoms with Gasteiger partial charge in [0.05, 0.1) is 25.1 Å². The molecule has 1 aromatic carbocycles. The number of aromatic nitrogens is 1. The van der Waals surface area contributed by atoms with Gasteiger partial charge < -0.3 is 30.1 Å². The van der Waals surface area contributed by atoms with Crippen molar-refractivity contribution >= 4 is 17.4 Å². The molecule has 2 unspecified atom stereocenters. The van der Waals surface area contributed by atoms with Gasteiger partial charge in [0.1, 0.15) is 23.5 Å². The Kier molecular flexibility index (Phi) is 6.87. The van der Waals surface area contributed by atoms with E-state index in [-0.39, 0.29) is 23.3 Å². The molecule has 0 radical (unpaired) electrons. The van der Waals surface area contributed by atoms with Gasteiger partial charge in [-0.2, -0.15) is 0 Å². The lowest BCUT2D eigenvalue weighted by atomic mass is 9.97. The predicted molar refractivity (Wildman–Crippen MR) is 125 cm³/mol. The van der Waals surface area contributed by atoms with E-state index in [4.69, 9.17) is 4.74 Å². The van der Waals surface area contributed by atoms with E-state index in [0.717, 1.165) is 18.9 Å². The number of morpholine rings is 1. The van der Waals surface area contributed by atoms with Gasteiger partial charge in [-0.15, -0.1) is 0 Å². The zero-order chi connectivity index (χ0) is 23.5. The van der Waals surface area contributed by atoms with E-state index < -0.39 is 12.3 Å². The Bertz CT molecular complexity index is 978. The van der Waals surface area contributed by atoms with E-state index in [2.05, 4.69) is 26.1 Å². The van der Waals surface area contributed by atoms with Gasteiger partial charge in [-0.25, -0.2) is 15.8 Å². The lowest BCUT2D eigenvalue weighted by molar-refractivity contribution is -0.122. The van der Waals surface area contributed by atoms with Crippen LogP contribution in [0, 0.1) is 0 Å². The zero-order valence-corrected chi connectivity index (χ0v) is 19.2. The van der Waals surface area contributed by atoms with Crippen LogP contribution in [0.15, 0.2) is 30.5 Å². The van der Waals surface area contributed by atoms with Gasteiger partial charge >= 0.3 is 0 Å². The Labute approximate surface area is 193 Å².